The highest BCUT2D eigenvalue weighted by molar-refractivity contribution is 5.26. The summed E-state index contributed by atoms with van der Waals surface area (Å²) in [6.07, 6.45) is 6.16. The van der Waals surface area contributed by atoms with Gasteiger partial charge in [0, 0.05) is 12.1 Å². The van der Waals surface area contributed by atoms with Crippen LogP contribution in [0.3, 0.4) is 0 Å². The molecule has 0 saturated carbocycles. The van der Waals surface area contributed by atoms with Crippen molar-refractivity contribution in [3.63, 3.8) is 0 Å². The number of rotatable bonds is 3. The number of phenols is 1. The summed E-state index contributed by atoms with van der Waals surface area (Å²) >= 11 is 0. The van der Waals surface area contributed by atoms with Gasteiger partial charge in [-0.15, -0.1) is 0 Å². The number of phenolic OH excluding ortho intramolecular Hbond substituents is 1. The lowest BCUT2D eigenvalue weighted by atomic mass is 10.1. The quantitative estimate of drug-likeness (QED) is 0.776. The molecule has 0 aliphatic heterocycles. The molecule has 0 aliphatic carbocycles. The first kappa shape index (κ1) is 10.7. The smallest absolute Gasteiger partial charge is 0.168 e. The number of aryl methyl sites for hydroxylation is 3. The molecule has 0 fully saturated rings. The van der Waals surface area contributed by atoms with Gasteiger partial charge in [0.1, 0.15) is 12.8 Å². The van der Waals surface area contributed by atoms with Gasteiger partial charge in [-0.1, -0.05) is 12.1 Å². The standard InChI is InChI=1S/C14H15NO/c1-15-10-8-13(9-11-15)3-2-12-4-6-14(16)7-5-12/h4-11H,2-3H2,1H3/p+1. The third-order valence-corrected chi connectivity index (χ3v) is 2.69. The van der Waals surface area contributed by atoms with Crippen LogP contribution in [-0.2, 0) is 19.9 Å². The maximum atomic E-state index is 9.17. The van der Waals surface area contributed by atoms with Crippen molar-refractivity contribution in [2.45, 2.75) is 12.8 Å². The maximum Gasteiger partial charge on any atom is 0.168 e. The molecule has 2 heteroatoms. The second kappa shape index (κ2) is 4.79. The van der Waals surface area contributed by atoms with Gasteiger partial charge in [-0.2, -0.15) is 0 Å². The molecule has 1 N–H and O–H groups in total. The summed E-state index contributed by atoms with van der Waals surface area (Å²) < 4.78 is 2.03. The molecule has 1 aromatic carbocycles. The Bertz CT molecular complexity index is 400. The zero-order valence-corrected chi connectivity index (χ0v) is 9.43. The summed E-state index contributed by atoms with van der Waals surface area (Å²) in [5, 5.41) is 9.17. The highest BCUT2D eigenvalue weighted by Crippen LogP contribution is 2.11. The Morgan fingerprint density at radius 3 is 1.94 bits per heavy atom. The average Bonchev–Trinajstić information content (AvgIpc) is 2.30. The summed E-state index contributed by atoms with van der Waals surface area (Å²) in [6.45, 7) is 0. The largest absolute Gasteiger partial charge is 0.508 e. The predicted octanol–water partition coefficient (Wildman–Crippen LogP) is 2.00. The highest BCUT2D eigenvalue weighted by atomic mass is 16.3. The number of aromatic nitrogens is 1. The fraction of sp³-hybridized carbons (Fsp3) is 0.214. The van der Waals surface area contributed by atoms with Crippen LogP contribution < -0.4 is 4.57 Å². The summed E-state index contributed by atoms with van der Waals surface area (Å²) in [4.78, 5) is 0. The summed E-state index contributed by atoms with van der Waals surface area (Å²) in [7, 11) is 2.02. The van der Waals surface area contributed by atoms with Crippen LogP contribution in [0, 0.1) is 0 Å². The van der Waals surface area contributed by atoms with Gasteiger partial charge in [-0.25, -0.2) is 4.57 Å². The van der Waals surface area contributed by atoms with Gasteiger partial charge in [0.2, 0.25) is 0 Å². The monoisotopic (exact) mass is 214 g/mol. The fourth-order valence-electron chi connectivity index (χ4n) is 1.65. The number of hydrogen-bond acceptors (Lipinski definition) is 1. The number of aromatic hydroxyl groups is 1. The van der Waals surface area contributed by atoms with Gasteiger partial charge < -0.3 is 5.11 Å². The molecule has 1 heterocycles. The normalized spacial score (nSPS) is 10.3. The van der Waals surface area contributed by atoms with E-state index in [4.69, 9.17) is 5.11 Å². The summed E-state index contributed by atoms with van der Waals surface area (Å²) in [6, 6.07) is 11.7. The lowest BCUT2D eigenvalue weighted by molar-refractivity contribution is -0.671. The highest BCUT2D eigenvalue weighted by Gasteiger charge is 1.98. The van der Waals surface area contributed by atoms with E-state index >= 15 is 0 Å². The number of pyridine rings is 1. The SMILES string of the molecule is C[n+]1ccc(CCc2ccc(O)cc2)cc1. The molecule has 0 atom stereocenters. The number of hydrogen-bond donors (Lipinski definition) is 1. The topological polar surface area (TPSA) is 24.1 Å². The van der Waals surface area contributed by atoms with Crippen molar-refractivity contribution in [3.05, 3.63) is 59.9 Å². The van der Waals surface area contributed by atoms with Gasteiger partial charge in [0.05, 0.1) is 0 Å². The molecule has 0 unspecified atom stereocenters. The van der Waals surface area contributed by atoms with Crippen molar-refractivity contribution in [1.29, 1.82) is 0 Å². The van der Waals surface area contributed by atoms with Gasteiger partial charge in [-0.05, 0) is 36.1 Å². The lowest BCUT2D eigenvalue weighted by Crippen LogP contribution is -2.25. The zero-order chi connectivity index (χ0) is 11.4. The van der Waals surface area contributed by atoms with Gasteiger partial charge in [-0.3, -0.25) is 0 Å². The van der Waals surface area contributed by atoms with E-state index in [9.17, 15) is 0 Å². The van der Waals surface area contributed by atoms with Crippen LogP contribution in [0.1, 0.15) is 11.1 Å². The van der Waals surface area contributed by atoms with Crippen LogP contribution in [0.4, 0.5) is 0 Å². The number of benzene rings is 1. The average molecular weight is 214 g/mol. The molecule has 2 aromatic rings. The van der Waals surface area contributed by atoms with Crippen molar-refractivity contribution in [2.24, 2.45) is 7.05 Å². The van der Waals surface area contributed by atoms with E-state index in [1.807, 2.05) is 23.7 Å². The predicted molar refractivity (Wildman–Crippen MR) is 63.1 cm³/mol. The van der Waals surface area contributed by atoms with Crippen molar-refractivity contribution in [2.75, 3.05) is 0 Å². The van der Waals surface area contributed by atoms with Gasteiger partial charge in [0.25, 0.3) is 0 Å². The van der Waals surface area contributed by atoms with Crippen molar-refractivity contribution in [1.82, 2.24) is 0 Å². The Hall–Kier alpha value is -1.83. The number of nitrogens with zero attached hydrogens (tertiary/aromatic N) is 1. The Balaban J connectivity index is 1.97. The van der Waals surface area contributed by atoms with Crippen molar-refractivity contribution < 1.29 is 9.67 Å². The van der Waals surface area contributed by atoms with Gasteiger partial charge >= 0.3 is 0 Å². The molecule has 16 heavy (non-hydrogen) atoms. The van der Waals surface area contributed by atoms with E-state index < -0.39 is 0 Å². The second-order valence-corrected chi connectivity index (χ2v) is 4.04. The third-order valence-electron chi connectivity index (χ3n) is 2.69. The van der Waals surface area contributed by atoms with Crippen LogP contribution in [0.25, 0.3) is 0 Å². The molecule has 2 nitrogen and oxygen atoms in total. The minimum atomic E-state index is 0.329. The van der Waals surface area contributed by atoms with E-state index in [0.29, 0.717) is 5.75 Å². The Labute approximate surface area is 95.8 Å². The first-order valence-corrected chi connectivity index (χ1v) is 5.46. The van der Waals surface area contributed by atoms with Crippen molar-refractivity contribution in [3.8, 4) is 5.75 Å². The van der Waals surface area contributed by atoms with E-state index in [1.54, 1.807) is 12.1 Å². The molecular weight excluding hydrogens is 198 g/mol. The first-order chi connectivity index (χ1) is 7.74. The van der Waals surface area contributed by atoms with E-state index in [1.165, 1.54) is 11.1 Å². The summed E-state index contributed by atoms with van der Waals surface area (Å²) in [5.41, 5.74) is 2.59. The van der Waals surface area contributed by atoms with E-state index in [0.717, 1.165) is 12.8 Å². The minimum absolute atomic E-state index is 0.329. The molecule has 0 saturated heterocycles. The van der Waals surface area contributed by atoms with Crippen LogP contribution in [0.15, 0.2) is 48.8 Å². The van der Waals surface area contributed by atoms with Crippen LogP contribution in [-0.4, -0.2) is 5.11 Å². The molecule has 1 aromatic heterocycles. The molecular formula is C14H16NO+. The first-order valence-electron chi connectivity index (χ1n) is 5.46. The van der Waals surface area contributed by atoms with E-state index in [-0.39, 0.29) is 0 Å². The van der Waals surface area contributed by atoms with Crippen LogP contribution in [0.5, 0.6) is 5.75 Å². The Kier molecular flexibility index (Phi) is 3.20. The lowest BCUT2D eigenvalue weighted by Gasteiger charge is -2.01. The van der Waals surface area contributed by atoms with Gasteiger partial charge in [0.15, 0.2) is 12.4 Å². The van der Waals surface area contributed by atoms with E-state index in [2.05, 4.69) is 24.5 Å². The maximum absolute atomic E-state index is 9.17. The molecule has 82 valence electrons. The minimum Gasteiger partial charge on any atom is -0.508 e. The van der Waals surface area contributed by atoms with Crippen LogP contribution >= 0.6 is 0 Å². The zero-order valence-electron chi connectivity index (χ0n) is 9.43. The fourth-order valence-corrected chi connectivity index (χ4v) is 1.65. The van der Waals surface area contributed by atoms with Crippen molar-refractivity contribution >= 4 is 0 Å². The van der Waals surface area contributed by atoms with Crippen LogP contribution in [0.2, 0.25) is 0 Å². The molecule has 0 spiro atoms. The Morgan fingerprint density at radius 1 is 0.875 bits per heavy atom. The third kappa shape index (κ3) is 2.83. The molecule has 0 radical (unpaired) electrons. The molecule has 2 rings (SSSR count). The molecule has 0 amide bonds. The summed E-state index contributed by atoms with van der Waals surface area (Å²) in [5.74, 6) is 0.329. The molecule has 0 aliphatic rings. The second-order valence-electron chi connectivity index (χ2n) is 4.04. The molecule has 0 bridgehead atoms. The Morgan fingerprint density at radius 2 is 1.38 bits per heavy atom.